The predicted molar refractivity (Wildman–Crippen MR) is 134 cm³/mol. The molecule has 0 spiro atoms. The number of aromatic amines is 1. The summed E-state index contributed by atoms with van der Waals surface area (Å²) in [6.07, 6.45) is 3.69. The number of carbonyl (C=O) groups is 3. The number of hydrogen-bond acceptors (Lipinski definition) is 6. The van der Waals surface area contributed by atoms with Gasteiger partial charge in [0.2, 0.25) is 11.8 Å². The zero-order chi connectivity index (χ0) is 25.8. The molecule has 1 aromatic carbocycles. The van der Waals surface area contributed by atoms with Crippen molar-refractivity contribution in [1.29, 1.82) is 0 Å². The van der Waals surface area contributed by atoms with Crippen LogP contribution in [0.25, 0.3) is 11.0 Å². The largest absolute Gasteiger partial charge is 0.361 e. The van der Waals surface area contributed by atoms with Crippen LogP contribution in [0.4, 0.5) is 0 Å². The van der Waals surface area contributed by atoms with Gasteiger partial charge in [0.05, 0.1) is 23.5 Å². The van der Waals surface area contributed by atoms with Crippen LogP contribution < -0.4 is 10.6 Å². The summed E-state index contributed by atoms with van der Waals surface area (Å²) in [5.74, 6) is -0.113. The van der Waals surface area contributed by atoms with Gasteiger partial charge in [0.1, 0.15) is 17.6 Å². The molecule has 1 aliphatic heterocycles. The van der Waals surface area contributed by atoms with Crippen molar-refractivity contribution in [2.24, 2.45) is 0 Å². The van der Waals surface area contributed by atoms with Gasteiger partial charge in [-0.05, 0) is 58.1 Å². The molecule has 10 nitrogen and oxygen atoms in total. The van der Waals surface area contributed by atoms with E-state index in [0.29, 0.717) is 18.1 Å². The first kappa shape index (κ1) is 25.4. The van der Waals surface area contributed by atoms with E-state index in [0.717, 1.165) is 42.3 Å². The van der Waals surface area contributed by atoms with Crippen molar-refractivity contribution in [2.75, 3.05) is 6.54 Å². The molecular weight excluding hydrogens is 460 g/mol. The number of fused-ring (bicyclic) bond motifs is 1. The number of nitrogens with one attached hydrogen (secondary N) is 3. The Hall–Kier alpha value is -3.69. The number of imidazole rings is 1. The summed E-state index contributed by atoms with van der Waals surface area (Å²) in [7, 11) is 0. The van der Waals surface area contributed by atoms with E-state index in [-0.39, 0.29) is 24.1 Å². The van der Waals surface area contributed by atoms with Crippen molar-refractivity contribution >= 4 is 28.8 Å². The Balaban J connectivity index is 1.51. The van der Waals surface area contributed by atoms with E-state index < -0.39 is 23.9 Å². The molecular formula is C26H34N6O4. The van der Waals surface area contributed by atoms with Gasteiger partial charge in [0.25, 0.3) is 5.91 Å². The third-order valence-corrected chi connectivity index (χ3v) is 6.78. The Morgan fingerprint density at radius 3 is 2.72 bits per heavy atom. The van der Waals surface area contributed by atoms with Gasteiger partial charge in [-0.1, -0.05) is 24.2 Å². The van der Waals surface area contributed by atoms with Gasteiger partial charge in [0.15, 0.2) is 5.69 Å². The highest BCUT2D eigenvalue weighted by Crippen LogP contribution is 2.22. The summed E-state index contributed by atoms with van der Waals surface area (Å²) in [4.78, 5) is 49.2. The molecule has 0 unspecified atom stereocenters. The second kappa shape index (κ2) is 10.9. The Morgan fingerprint density at radius 2 is 2.03 bits per heavy atom. The van der Waals surface area contributed by atoms with Crippen LogP contribution in [-0.4, -0.2) is 56.4 Å². The fraction of sp³-hybridized carbons (Fsp3) is 0.500. The minimum atomic E-state index is -1.07. The molecule has 3 amide bonds. The molecule has 3 atom stereocenters. The first-order valence-electron chi connectivity index (χ1n) is 12.6. The number of H-pyrrole nitrogens is 1. The fourth-order valence-electron chi connectivity index (χ4n) is 4.74. The smallest absolute Gasteiger partial charge is 0.274 e. The zero-order valence-corrected chi connectivity index (χ0v) is 21.3. The normalized spacial score (nSPS) is 17.6. The maximum atomic E-state index is 13.4. The van der Waals surface area contributed by atoms with E-state index in [1.54, 1.807) is 6.92 Å². The third-order valence-electron chi connectivity index (χ3n) is 6.78. The highest BCUT2D eigenvalue weighted by Gasteiger charge is 2.32. The maximum absolute atomic E-state index is 13.4. The molecule has 0 radical (unpaired) electrons. The molecule has 2 aromatic heterocycles. The van der Waals surface area contributed by atoms with Crippen LogP contribution >= 0.6 is 0 Å². The van der Waals surface area contributed by atoms with Crippen LogP contribution in [0, 0.1) is 13.8 Å². The number of likely N-dealkylation sites (tertiary alicyclic amines) is 1. The molecule has 3 aromatic rings. The molecule has 4 rings (SSSR count). The van der Waals surface area contributed by atoms with Gasteiger partial charge in [-0.25, -0.2) is 4.98 Å². The fourth-order valence-corrected chi connectivity index (χ4v) is 4.74. The van der Waals surface area contributed by atoms with Crippen LogP contribution in [0.1, 0.15) is 79.6 Å². The summed E-state index contributed by atoms with van der Waals surface area (Å²) in [6, 6.07) is 5.95. The minimum Gasteiger partial charge on any atom is -0.361 e. The van der Waals surface area contributed by atoms with E-state index in [9.17, 15) is 14.4 Å². The quantitative estimate of drug-likeness (QED) is 0.440. The Kier molecular flexibility index (Phi) is 7.71. The molecule has 0 bridgehead atoms. The lowest BCUT2D eigenvalue weighted by atomic mass is 9.99. The Labute approximate surface area is 210 Å². The summed E-state index contributed by atoms with van der Waals surface area (Å²) in [5, 5.41) is 9.33. The van der Waals surface area contributed by atoms with Crippen molar-refractivity contribution in [3.63, 3.8) is 0 Å². The number of nitrogens with zero attached hydrogens (tertiary/aromatic N) is 3. The number of para-hydroxylation sites is 1. The average Bonchev–Trinajstić information content (AvgIpc) is 3.51. The lowest BCUT2D eigenvalue weighted by Gasteiger charge is -2.36. The lowest BCUT2D eigenvalue weighted by molar-refractivity contribution is -0.138. The second-order valence-corrected chi connectivity index (χ2v) is 9.52. The van der Waals surface area contributed by atoms with Gasteiger partial charge in [0, 0.05) is 18.7 Å². The first-order valence-corrected chi connectivity index (χ1v) is 12.6. The van der Waals surface area contributed by atoms with Gasteiger partial charge < -0.3 is 25.0 Å². The topological polar surface area (TPSA) is 133 Å². The summed E-state index contributed by atoms with van der Waals surface area (Å²) < 4.78 is 4.99. The van der Waals surface area contributed by atoms with Crippen molar-refractivity contribution in [1.82, 2.24) is 30.7 Å². The van der Waals surface area contributed by atoms with Crippen molar-refractivity contribution in [3.8, 4) is 0 Å². The zero-order valence-electron chi connectivity index (χ0n) is 21.3. The molecule has 0 saturated carbocycles. The summed E-state index contributed by atoms with van der Waals surface area (Å²) in [5.41, 5.74) is 2.80. The SMILES string of the molecule is CC[C@H]1CCCCN1C(=O)C[C@H](NC(=O)c1cc(C)on1)C(=O)N[C@@H](C)c1nc2c(C)cccc2[nH]1. The highest BCUT2D eigenvalue weighted by molar-refractivity contribution is 5.97. The number of rotatable bonds is 8. The molecule has 3 N–H and O–H groups in total. The van der Waals surface area contributed by atoms with E-state index in [1.165, 1.54) is 6.07 Å². The maximum Gasteiger partial charge on any atom is 0.274 e. The van der Waals surface area contributed by atoms with Crippen LogP contribution in [0.5, 0.6) is 0 Å². The number of benzene rings is 1. The van der Waals surface area contributed by atoms with E-state index >= 15 is 0 Å². The third kappa shape index (κ3) is 5.58. The van der Waals surface area contributed by atoms with Gasteiger partial charge in [-0.2, -0.15) is 0 Å². The predicted octanol–water partition coefficient (Wildman–Crippen LogP) is 3.32. The molecule has 0 aliphatic carbocycles. The molecule has 192 valence electrons. The van der Waals surface area contributed by atoms with E-state index in [4.69, 9.17) is 4.52 Å². The molecule has 36 heavy (non-hydrogen) atoms. The van der Waals surface area contributed by atoms with E-state index in [1.807, 2.05) is 36.9 Å². The summed E-state index contributed by atoms with van der Waals surface area (Å²) in [6.45, 7) is 8.19. The van der Waals surface area contributed by atoms with Crippen LogP contribution in [0.3, 0.4) is 0 Å². The molecule has 1 fully saturated rings. The highest BCUT2D eigenvalue weighted by atomic mass is 16.5. The Morgan fingerprint density at radius 1 is 1.22 bits per heavy atom. The number of aryl methyl sites for hydroxylation is 2. The van der Waals surface area contributed by atoms with Gasteiger partial charge in [-0.3, -0.25) is 14.4 Å². The second-order valence-electron chi connectivity index (χ2n) is 9.52. The van der Waals surface area contributed by atoms with Crippen LogP contribution in [0.15, 0.2) is 28.8 Å². The van der Waals surface area contributed by atoms with Crippen LogP contribution in [0.2, 0.25) is 0 Å². The van der Waals surface area contributed by atoms with Crippen molar-refractivity contribution in [3.05, 3.63) is 47.1 Å². The van der Waals surface area contributed by atoms with Crippen molar-refractivity contribution < 1.29 is 18.9 Å². The van der Waals surface area contributed by atoms with Crippen molar-refractivity contribution in [2.45, 2.75) is 77.9 Å². The van der Waals surface area contributed by atoms with E-state index in [2.05, 4.69) is 32.7 Å². The molecule has 3 heterocycles. The minimum absolute atomic E-state index is 0.0583. The number of carbonyl (C=O) groups excluding carboxylic acids is 3. The Bertz CT molecular complexity index is 1250. The number of aromatic nitrogens is 3. The van der Waals surface area contributed by atoms with Gasteiger partial charge >= 0.3 is 0 Å². The first-order chi connectivity index (χ1) is 17.3. The molecule has 1 saturated heterocycles. The number of piperidine rings is 1. The lowest BCUT2D eigenvalue weighted by Crippen LogP contribution is -2.52. The number of hydrogen-bond donors (Lipinski definition) is 3. The van der Waals surface area contributed by atoms with Crippen LogP contribution in [-0.2, 0) is 9.59 Å². The summed E-state index contributed by atoms with van der Waals surface area (Å²) >= 11 is 0. The molecule has 10 heteroatoms. The monoisotopic (exact) mass is 494 g/mol. The number of amides is 3. The van der Waals surface area contributed by atoms with Gasteiger partial charge in [-0.15, -0.1) is 0 Å². The average molecular weight is 495 g/mol. The molecule has 1 aliphatic rings. The standard InChI is InChI=1S/C26H34N6O4/c1-5-18-10-6-7-12-32(18)22(33)14-20(29-26(35)21-13-16(3)36-31-21)25(34)27-17(4)24-28-19-11-8-9-15(2)23(19)30-24/h8-9,11,13,17-18,20H,5-7,10,12,14H2,1-4H3,(H,27,34)(H,28,30)(H,29,35)/t17-,18-,20-/m0/s1.